The molecule has 1 aromatic rings. The number of phenolic OH excluding ortho intramolecular Hbond substituents is 2. The molecule has 0 radical (unpaired) electrons. The van der Waals surface area contributed by atoms with Gasteiger partial charge in [-0.15, -0.1) is 0 Å². The minimum absolute atomic E-state index is 0.00418. The van der Waals surface area contributed by atoms with Crippen molar-refractivity contribution in [2.45, 2.75) is 73.6 Å². The van der Waals surface area contributed by atoms with E-state index >= 15 is 0 Å². The number of aromatic hydroxyl groups is 2. The standard InChI is InChI=1S/C25H32O6/c1-8-9-14(26)19-16(28)11-15(27)17-13(10-12(2)3)18-21(29)24(4,5)23(30)25(6,7)22(18)31-20(17)19/h11-13,27-28H,8-10H2,1-7H3. The van der Waals surface area contributed by atoms with Crippen molar-refractivity contribution >= 4 is 17.3 Å². The van der Waals surface area contributed by atoms with E-state index in [0.717, 1.165) is 6.07 Å². The number of ketones is 3. The second kappa shape index (κ2) is 7.50. The number of carbonyl (C=O) groups excluding carboxylic acids is 3. The number of allylic oxidation sites excluding steroid dienone is 2. The van der Waals surface area contributed by atoms with E-state index in [9.17, 15) is 24.6 Å². The van der Waals surface area contributed by atoms with Gasteiger partial charge in [0.25, 0.3) is 0 Å². The Labute approximate surface area is 183 Å². The zero-order valence-corrected chi connectivity index (χ0v) is 19.4. The molecule has 0 fully saturated rings. The van der Waals surface area contributed by atoms with Gasteiger partial charge in [-0.05, 0) is 46.5 Å². The van der Waals surface area contributed by atoms with Crippen LogP contribution in [0.4, 0.5) is 0 Å². The Bertz CT molecular complexity index is 1010. The number of hydrogen-bond acceptors (Lipinski definition) is 6. The SMILES string of the molecule is CCCC(=O)c1c(O)cc(O)c2c1OC1=C(C(=O)C(C)(C)C(=O)C1(C)C)C2CC(C)C. The zero-order valence-electron chi connectivity index (χ0n) is 19.4. The molecule has 0 aromatic heterocycles. The topological polar surface area (TPSA) is 101 Å². The van der Waals surface area contributed by atoms with Crippen molar-refractivity contribution in [3.63, 3.8) is 0 Å². The fourth-order valence-corrected chi connectivity index (χ4v) is 4.93. The smallest absolute Gasteiger partial charge is 0.175 e. The molecule has 1 unspecified atom stereocenters. The second-order valence-electron chi connectivity index (χ2n) is 10.1. The Morgan fingerprint density at radius 2 is 1.71 bits per heavy atom. The summed E-state index contributed by atoms with van der Waals surface area (Å²) in [6, 6.07) is 1.15. The normalized spacial score (nSPS) is 21.6. The Hall–Kier alpha value is -2.63. The highest BCUT2D eigenvalue weighted by Crippen LogP contribution is 2.57. The first kappa shape index (κ1) is 23.0. The van der Waals surface area contributed by atoms with E-state index in [2.05, 4.69) is 0 Å². The van der Waals surface area contributed by atoms with Crippen molar-refractivity contribution in [3.8, 4) is 17.2 Å². The predicted octanol–water partition coefficient (Wildman–Crippen LogP) is 5.06. The average molecular weight is 429 g/mol. The summed E-state index contributed by atoms with van der Waals surface area (Å²) in [4.78, 5) is 39.6. The summed E-state index contributed by atoms with van der Waals surface area (Å²) >= 11 is 0. The highest BCUT2D eigenvalue weighted by atomic mass is 16.5. The lowest BCUT2D eigenvalue weighted by Crippen LogP contribution is -2.51. The van der Waals surface area contributed by atoms with Gasteiger partial charge in [0.1, 0.15) is 28.6 Å². The lowest BCUT2D eigenvalue weighted by atomic mass is 9.59. The Balaban J connectivity index is 2.39. The van der Waals surface area contributed by atoms with Crippen molar-refractivity contribution in [1.82, 2.24) is 0 Å². The molecule has 1 aliphatic heterocycles. The number of rotatable bonds is 5. The van der Waals surface area contributed by atoms with Gasteiger partial charge in [-0.1, -0.05) is 20.8 Å². The quantitative estimate of drug-likeness (QED) is 0.502. The molecule has 3 rings (SSSR count). The molecule has 6 heteroatoms. The number of hydrogen-bond donors (Lipinski definition) is 2. The Morgan fingerprint density at radius 1 is 1.10 bits per heavy atom. The Kier molecular flexibility index (Phi) is 5.58. The number of Topliss-reactive ketones (excluding diaryl/α,β-unsaturated/α-hetero) is 3. The van der Waals surface area contributed by atoms with E-state index in [0.29, 0.717) is 24.0 Å². The van der Waals surface area contributed by atoms with Crippen molar-refractivity contribution in [2.24, 2.45) is 16.7 Å². The minimum Gasteiger partial charge on any atom is -0.507 e. The molecule has 2 aliphatic rings. The molecule has 0 amide bonds. The van der Waals surface area contributed by atoms with Crippen LogP contribution in [0.25, 0.3) is 0 Å². The number of phenols is 2. The van der Waals surface area contributed by atoms with Crippen molar-refractivity contribution in [1.29, 1.82) is 0 Å². The maximum atomic E-state index is 13.5. The number of carbonyl (C=O) groups is 3. The highest BCUT2D eigenvalue weighted by Gasteiger charge is 2.57. The number of fused-ring (bicyclic) bond motifs is 1. The molecule has 1 atom stereocenters. The molecule has 31 heavy (non-hydrogen) atoms. The first-order chi connectivity index (χ1) is 14.3. The summed E-state index contributed by atoms with van der Waals surface area (Å²) in [5.41, 5.74) is -1.63. The third-order valence-corrected chi connectivity index (χ3v) is 6.40. The zero-order chi connectivity index (χ0) is 23.5. The molecular formula is C25H32O6. The largest absolute Gasteiger partial charge is 0.507 e. The molecule has 168 valence electrons. The average Bonchev–Trinajstić information content (AvgIpc) is 2.64. The van der Waals surface area contributed by atoms with Crippen LogP contribution in [0.5, 0.6) is 17.2 Å². The van der Waals surface area contributed by atoms with Crippen molar-refractivity contribution in [2.75, 3.05) is 0 Å². The summed E-state index contributed by atoms with van der Waals surface area (Å²) in [5, 5.41) is 21.3. The third kappa shape index (κ3) is 3.36. The van der Waals surface area contributed by atoms with Gasteiger partial charge in [-0.2, -0.15) is 0 Å². The summed E-state index contributed by atoms with van der Waals surface area (Å²) in [6.45, 7) is 12.5. The molecule has 0 saturated heterocycles. The highest BCUT2D eigenvalue weighted by molar-refractivity contribution is 6.20. The van der Waals surface area contributed by atoms with Crippen LogP contribution in [0.2, 0.25) is 0 Å². The van der Waals surface area contributed by atoms with Gasteiger partial charge in [0.2, 0.25) is 0 Å². The van der Waals surface area contributed by atoms with Crippen LogP contribution in [-0.4, -0.2) is 27.6 Å². The second-order valence-corrected chi connectivity index (χ2v) is 10.1. The summed E-state index contributed by atoms with van der Waals surface area (Å²) in [7, 11) is 0. The van der Waals surface area contributed by atoms with Gasteiger partial charge >= 0.3 is 0 Å². The fourth-order valence-electron chi connectivity index (χ4n) is 4.93. The van der Waals surface area contributed by atoms with Crippen LogP contribution in [0.3, 0.4) is 0 Å². The lowest BCUT2D eigenvalue weighted by Gasteiger charge is -2.45. The van der Waals surface area contributed by atoms with Crippen LogP contribution in [0, 0.1) is 16.7 Å². The molecule has 0 bridgehead atoms. The van der Waals surface area contributed by atoms with E-state index < -0.39 is 16.7 Å². The van der Waals surface area contributed by atoms with Gasteiger partial charge in [0, 0.05) is 29.5 Å². The Morgan fingerprint density at radius 3 is 2.26 bits per heavy atom. The lowest BCUT2D eigenvalue weighted by molar-refractivity contribution is -0.144. The minimum atomic E-state index is -1.23. The maximum absolute atomic E-state index is 13.5. The van der Waals surface area contributed by atoms with Crippen molar-refractivity contribution < 1.29 is 29.3 Å². The van der Waals surface area contributed by atoms with Crippen LogP contribution >= 0.6 is 0 Å². The van der Waals surface area contributed by atoms with E-state index in [-0.39, 0.29) is 58.3 Å². The maximum Gasteiger partial charge on any atom is 0.175 e. The molecule has 6 nitrogen and oxygen atoms in total. The molecular weight excluding hydrogens is 396 g/mol. The summed E-state index contributed by atoms with van der Waals surface area (Å²) < 4.78 is 6.15. The predicted molar refractivity (Wildman–Crippen MR) is 116 cm³/mol. The molecule has 1 aliphatic carbocycles. The summed E-state index contributed by atoms with van der Waals surface area (Å²) in [6.07, 6.45) is 1.29. The molecule has 1 aromatic carbocycles. The molecule has 1 heterocycles. The summed E-state index contributed by atoms with van der Waals surface area (Å²) in [5.74, 6) is -1.60. The van der Waals surface area contributed by atoms with Crippen LogP contribution in [-0.2, 0) is 9.59 Å². The van der Waals surface area contributed by atoms with Crippen molar-refractivity contribution in [3.05, 3.63) is 28.5 Å². The van der Waals surface area contributed by atoms with E-state index in [1.165, 1.54) is 0 Å². The van der Waals surface area contributed by atoms with E-state index in [1.807, 2.05) is 20.8 Å². The molecule has 0 saturated carbocycles. The van der Waals surface area contributed by atoms with E-state index in [4.69, 9.17) is 4.74 Å². The van der Waals surface area contributed by atoms with Crippen LogP contribution in [0.1, 0.15) is 89.6 Å². The van der Waals surface area contributed by atoms with Crippen LogP contribution < -0.4 is 4.74 Å². The monoisotopic (exact) mass is 428 g/mol. The molecule has 2 N–H and O–H groups in total. The number of benzene rings is 1. The fraction of sp³-hybridized carbons (Fsp3) is 0.560. The third-order valence-electron chi connectivity index (χ3n) is 6.40. The van der Waals surface area contributed by atoms with E-state index in [1.54, 1.807) is 27.7 Å². The van der Waals surface area contributed by atoms with Gasteiger partial charge in [0.15, 0.2) is 17.3 Å². The van der Waals surface area contributed by atoms with Gasteiger partial charge < -0.3 is 14.9 Å². The first-order valence-electron chi connectivity index (χ1n) is 10.9. The number of ether oxygens (including phenoxy) is 1. The first-order valence-corrected chi connectivity index (χ1v) is 10.9. The van der Waals surface area contributed by atoms with Crippen LogP contribution in [0.15, 0.2) is 17.4 Å². The van der Waals surface area contributed by atoms with Gasteiger partial charge in [-0.3, -0.25) is 14.4 Å². The van der Waals surface area contributed by atoms with Gasteiger partial charge in [0.05, 0.1) is 10.8 Å². The van der Waals surface area contributed by atoms with Gasteiger partial charge in [-0.25, -0.2) is 0 Å². The molecule has 0 spiro atoms.